The second kappa shape index (κ2) is 11.2. The molecule has 8 heteroatoms. The van der Waals surface area contributed by atoms with Crippen LogP contribution in [0.25, 0.3) is 5.69 Å². The number of nitrogens with one attached hydrogen (secondary N) is 1. The van der Waals surface area contributed by atoms with Gasteiger partial charge in [0.25, 0.3) is 0 Å². The predicted octanol–water partition coefficient (Wildman–Crippen LogP) is 4.47. The highest BCUT2D eigenvalue weighted by Gasteiger charge is 2.39. The maximum absolute atomic E-state index is 12.3. The number of hydrogen-bond acceptors (Lipinski definition) is 6. The summed E-state index contributed by atoms with van der Waals surface area (Å²) in [6, 6.07) is 15.5. The van der Waals surface area contributed by atoms with Crippen molar-refractivity contribution in [1.82, 2.24) is 19.7 Å². The van der Waals surface area contributed by atoms with Gasteiger partial charge >= 0.3 is 5.97 Å². The van der Waals surface area contributed by atoms with E-state index in [2.05, 4.69) is 21.5 Å². The number of para-hydroxylation sites is 1. The van der Waals surface area contributed by atoms with Gasteiger partial charge in [0, 0.05) is 31.1 Å². The molecular formula is C28H35N5O3. The minimum atomic E-state index is -0.867. The van der Waals surface area contributed by atoms with Crippen molar-refractivity contribution in [2.24, 2.45) is 0 Å². The molecule has 2 N–H and O–H groups in total. The molecule has 1 aliphatic heterocycles. The van der Waals surface area contributed by atoms with Gasteiger partial charge in [0.1, 0.15) is 5.82 Å². The molecule has 0 saturated heterocycles. The Bertz CT molecular complexity index is 1140. The van der Waals surface area contributed by atoms with Crippen LogP contribution in [0.4, 0.5) is 5.82 Å². The molecule has 36 heavy (non-hydrogen) atoms. The highest BCUT2D eigenvalue weighted by molar-refractivity contribution is 5.75. The topological polar surface area (TPSA) is 92.5 Å². The van der Waals surface area contributed by atoms with Gasteiger partial charge in [0.05, 0.1) is 17.5 Å². The molecule has 5 rings (SSSR count). The van der Waals surface area contributed by atoms with Crippen LogP contribution in [0.1, 0.15) is 55.8 Å². The third-order valence-electron chi connectivity index (χ3n) is 7.53. The maximum Gasteiger partial charge on any atom is 0.327 e. The Labute approximate surface area is 212 Å². The van der Waals surface area contributed by atoms with E-state index in [1.807, 2.05) is 54.5 Å². The highest BCUT2D eigenvalue weighted by Crippen LogP contribution is 2.34. The van der Waals surface area contributed by atoms with Gasteiger partial charge in [-0.15, -0.1) is 0 Å². The zero-order valence-corrected chi connectivity index (χ0v) is 20.8. The molecule has 3 aromatic rings. The molecule has 190 valence electrons. The first kappa shape index (κ1) is 24.5. The maximum atomic E-state index is 12.3. The first-order valence-corrected chi connectivity index (χ1v) is 13.0. The Kier molecular flexibility index (Phi) is 7.63. The number of likely N-dealkylation sites (N-methyl/N-ethyl adjacent to an activating group) is 1. The third kappa shape index (κ3) is 5.44. The fourth-order valence-electron chi connectivity index (χ4n) is 5.36. The quantitative estimate of drug-likeness (QED) is 0.384. The lowest BCUT2D eigenvalue weighted by Gasteiger charge is -2.43. The molecule has 2 atom stereocenters. The summed E-state index contributed by atoms with van der Waals surface area (Å²) < 4.78 is 7.82. The van der Waals surface area contributed by atoms with Gasteiger partial charge in [-0.3, -0.25) is 9.69 Å². The Morgan fingerprint density at radius 3 is 2.81 bits per heavy atom. The van der Waals surface area contributed by atoms with Crippen molar-refractivity contribution in [3.05, 3.63) is 72.2 Å². The average molecular weight is 490 g/mol. The summed E-state index contributed by atoms with van der Waals surface area (Å²) in [7, 11) is 1.90. The molecule has 0 unspecified atom stereocenters. The Morgan fingerprint density at radius 1 is 1.17 bits per heavy atom. The zero-order valence-electron chi connectivity index (χ0n) is 20.8. The van der Waals surface area contributed by atoms with E-state index in [-0.39, 0.29) is 12.1 Å². The molecular weight excluding hydrogens is 454 g/mol. The lowest BCUT2D eigenvalue weighted by Crippen LogP contribution is -2.49. The van der Waals surface area contributed by atoms with Gasteiger partial charge < -0.3 is 15.2 Å². The van der Waals surface area contributed by atoms with Crippen LogP contribution in [0.3, 0.4) is 0 Å². The van der Waals surface area contributed by atoms with Crippen LogP contribution < -0.4 is 5.32 Å². The minimum Gasteiger partial charge on any atom is -0.480 e. The summed E-state index contributed by atoms with van der Waals surface area (Å²) in [6.45, 7) is 0.756. The Balaban J connectivity index is 1.05. The Hall–Kier alpha value is -3.23. The summed E-state index contributed by atoms with van der Waals surface area (Å²) in [4.78, 5) is 18.7. The molecule has 2 aliphatic rings. The first-order chi connectivity index (χ1) is 17.6. The van der Waals surface area contributed by atoms with Crippen LogP contribution in [-0.2, 0) is 16.0 Å². The lowest BCUT2D eigenvalue weighted by molar-refractivity contribution is -0.147. The standard InChI is InChI=1S/C28H35N5O3/c1-32(26(28(34)35)25-14-16-30-33(25)22-10-3-2-4-11-22)23-18-24(19-23)36-17-6-5-9-21-13-12-20-8-7-15-29-27(20)31-21/h2-4,7-8,10-11,14-16,21,23-24,26H,5-6,9,12-13,17-19H2,1H3,(H,29,31)(H,34,35)/t21-,23?,24?,26-/m0/s1. The number of carbonyl (C=O) groups is 1. The van der Waals surface area contributed by atoms with Crippen molar-refractivity contribution in [3.63, 3.8) is 0 Å². The number of unbranched alkanes of at least 4 members (excludes halogenated alkanes) is 1. The predicted molar refractivity (Wildman–Crippen MR) is 138 cm³/mol. The third-order valence-corrected chi connectivity index (χ3v) is 7.53. The molecule has 1 aliphatic carbocycles. The number of anilines is 1. The monoisotopic (exact) mass is 489 g/mol. The number of carboxylic acids is 1. The van der Waals surface area contributed by atoms with Gasteiger partial charge in [0.2, 0.25) is 0 Å². The number of carboxylic acid groups (broad SMARTS) is 1. The van der Waals surface area contributed by atoms with Crippen molar-refractivity contribution < 1.29 is 14.6 Å². The normalized spacial score (nSPS) is 21.9. The molecule has 1 fully saturated rings. The van der Waals surface area contributed by atoms with E-state index in [4.69, 9.17) is 4.74 Å². The molecule has 1 saturated carbocycles. The number of benzene rings is 1. The van der Waals surface area contributed by atoms with Crippen LogP contribution in [0.5, 0.6) is 0 Å². The molecule has 0 radical (unpaired) electrons. The molecule has 0 amide bonds. The van der Waals surface area contributed by atoms with E-state index in [0.717, 1.165) is 63.1 Å². The average Bonchev–Trinajstić information content (AvgIpc) is 3.34. The number of aliphatic carboxylic acids is 1. The van der Waals surface area contributed by atoms with Crippen LogP contribution >= 0.6 is 0 Å². The lowest BCUT2D eigenvalue weighted by atomic mass is 9.87. The summed E-state index contributed by atoms with van der Waals surface area (Å²) in [5, 5.41) is 18.0. The smallest absolute Gasteiger partial charge is 0.327 e. The molecule has 1 aromatic carbocycles. The van der Waals surface area contributed by atoms with Crippen molar-refractivity contribution in [2.45, 2.75) is 69.2 Å². The van der Waals surface area contributed by atoms with Gasteiger partial charge in [-0.1, -0.05) is 24.3 Å². The fraction of sp³-hybridized carbons (Fsp3) is 0.464. The van der Waals surface area contributed by atoms with Gasteiger partial charge in [-0.25, -0.2) is 9.67 Å². The number of rotatable bonds is 11. The zero-order chi connectivity index (χ0) is 24.9. The number of hydrogen-bond donors (Lipinski definition) is 2. The molecule has 0 spiro atoms. The minimum absolute atomic E-state index is 0.175. The number of ether oxygens (including phenoxy) is 1. The summed E-state index contributed by atoms with van der Waals surface area (Å²) in [6.07, 6.45) is 11.0. The Morgan fingerprint density at radius 2 is 2.00 bits per heavy atom. The highest BCUT2D eigenvalue weighted by atomic mass is 16.5. The van der Waals surface area contributed by atoms with Crippen molar-refractivity contribution in [2.75, 3.05) is 19.0 Å². The number of aryl methyl sites for hydroxylation is 1. The molecule has 8 nitrogen and oxygen atoms in total. The van der Waals surface area contributed by atoms with E-state index in [0.29, 0.717) is 11.7 Å². The SMILES string of the molecule is CN(C1CC(OCCCC[C@H]2CCc3cccnc3N2)C1)[C@H](C(=O)O)c1ccnn1-c1ccccc1. The second-order valence-electron chi connectivity index (χ2n) is 9.91. The van der Waals surface area contributed by atoms with Gasteiger partial charge in [-0.2, -0.15) is 5.10 Å². The molecule has 0 bridgehead atoms. The van der Waals surface area contributed by atoms with Crippen LogP contribution in [0.2, 0.25) is 0 Å². The van der Waals surface area contributed by atoms with E-state index in [1.54, 1.807) is 16.9 Å². The van der Waals surface area contributed by atoms with Crippen LogP contribution in [0, 0.1) is 0 Å². The van der Waals surface area contributed by atoms with Crippen molar-refractivity contribution >= 4 is 11.8 Å². The fourth-order valence-corrected chi connectivity index (χ4v) is 5.36. The van der Waals surface area contributed by atoms with Crippen molar-refractivity contribution in [3.8, 4) is 5.69 Å². The van der Waals surface area contributed by atoms with Crippen molar-refractivity contribution in [1.29, 1.82) is 0 Å². The number of aromatic nitrogens is 3. The first-order valence-electron chi connectivity index (χ1n) is 13.0. The van der Waals surface area contributed by atoms with E-state index >= 15 is 0 Å². The second-order valence-corrected chi connectivity index (χ2v) is 9.91. The van der Waals surface area contributed by atoms with Gasteiger partial charge in [0.15, 0.2) is 6.04 Å². The summed E-state index contributed by atoms with van der Waals surface area (Å²) >= 11 is 0. The molecule has 2 aromatic heterocycles. The van der Waals surface area contributed by atoms with Crippen LogP contribution in [0.15, 0.2) is 60.9 Å². The van der Waals surface area contributed by atoms with E-state index < -0.39 is 12.0 Å². The largest absolute Gasteiger partial charge is 0.480 e. The summed E-state index contributed by atoms with van der Waals surface area (Å²) in [5.41, 5.74) is 2.84. The van der Waals surface area contributed by atoms with Gasteiger partial charge in [-0.05, 0) is 81.8 Å². The number of fused-ring (bicyclic) bond motifs is 1. The molecule has 3 heterocycles. The number of pyridine rings is 1. The van der Waals surface area contributed by atoms with E-state index in [9.17, 15) is 9.90 Å². The number of nitrogens with zero attached hydrogens (tertiary/aromatic N) is 4. The summed E-state index contributed by atoms with van der Waals surface area (Å²) in [5.74, 6) is 0.176. The van der Waals surface area contributed by atoms with Crippen LogP contribution in [-0.4, -0.2) is 62.6 Å². The van der Waals surface area contributed by atoms with E-state index in [1.165, 1.54) is 5.56 Å².